The van der Waals surface area contributed by atoms with Crippen LogP contribution in [0.2, 0.25) is 0 Å². The Hall–Kier alpha value is -1.16. The molecule has 0 amide bonds. The molecule has 0 aliphatic heterocycles. The van der Waals surface area contributed by atoms with Gasteiger partial charge < -0.3 is 0 Å². The molecule has 0 N–H and O–H groups in total. The summed E-state index contributed by atoms with van der Waals surface area (Å²) >= 11 is 0. The van der Waals surface area contributed by atoms with Crippen LogP contribution in [0, 0.1) is 26.7 Å². The summed E-state index contributed by atoms with van der Waals surface area (Å²) in [5.74, 6) is -0.512. The summed E-state index contributed by atoms with van der Waals surface area (Å²) in [6.07, 6.45) is 0.802. The van der Waals surface area contributed by atoms with Crippen LogP contribution in [0.5, 0.6) is 0 Å². The molecule has 112 valence electrons. The first-order chi connectivity index (χ1) is 9.16. The molecule has 20 heavy (non-hydrogen) atoms. The molecule has 0 aliphatic rings. The number of hydrogen-bond donors (Lipinski definition) is 0. The van der Waals surface area contributed by atoms with Crippen molar-refractivity contribution in [2.45, 2.75) is 41.0 Å². The monoisotopic (exact) mass is 296 g/mol. The van der Waals surface area contributed by atoms with E-state index in [1.165, 1.54) is 0 Å². The minimum absolute atomic E-state index is 0.0825. The molecule has 4 heteroatoms. The van der Waals surface area contributed by atoms with Crippen molar-refractivity contribution in [3.63, 3.8) is 0 Å². The van der Waals surface area contributed by atoms with Crippen LogP contribution in [0.4, 0.5) is 0 Å². The molecule has 1 unspecified atom stereocenters. The maximum absolute atomic E-state index is 12.2. The molecule has 1 aromatic rings. The summed E-state index contributed by atoms with van der Waals surface area (Å²) in [5, 5.41) is 0. The molecule has 0 aromatic heterocycles. The molecule has 1 atom stereocenters. The van der Waals surface area contributed by atoms with Crippen molar-refractivity contribution in [1.82, 2.24) is 0 Å². The highest BCUT2D eigenvalue weighted by Gasteiger charge is 2.21. The molecule has 3 nitrogen and oxygen atoms in total. The van der Waals surface area contributed by atoms with Crippen molar-refractivity contribution < 1.29 is 13.2 Å². The molecular weight excluding hydrogens is 272 g/mol. The van der Waals surface area contributed by atoms with Crippen LogP contribution in [0.1, 0.15) is 47.3 Å². The number of rotatable bonds is 6. The van der Waals surface area contributed by atoms with Gasteiger partial charge in [-0.25, -0.2) is 8.42 Å². The van der Waals surface area contributed by atoms with Gasteiger partial charge in [-0.2, -0.15) is 0 Å². The Bertz CT molecular complexity index is 600. The van der Waals surface area contributed by atoms with E-state index in [9.17, 15) is 13.2 Å². The largest absolute Gasteiger partial charge is 0.293 e. The van der Waals surface area contributed by atoms with Crippen LogP contribution in [-0.4, -0.2) is 25.7 Å². The van der Waals surface area contributed by atoms with E-state index < -0.39 is 9.84 Å². The topological polar surface area (TPSA) is 51.2 Å². The third-order valence-electron chi connectivity index (χ3n) is 3.73. The van der Waals surface area contributed by atoms with Crippen molar-refractivity contribution in [2.75, 3.05) is 11.5 Å². The van der Waals surface area contributed by atoms with E-state index in [0.29, 0.717) is 5.56 Å². The smallest absolute Gasteiger partial charge is 0.178 e. The number of ketones is 1. The van der Waals surface area contributed by atoms with Crippen molar-refractivity contribution in [3.05, 3.63) is 34.4 Å². The molecule has 0 saturated heterocycles. The summed E-state index contributed by atoms with van der Waals surface area (Å²) in [6, 6.07) is 3.73. The van der Waals surface area contributed by atoms with Gasteiger partial charge in [0.05, 0.1) is 5.75 Å². The highest BCUT2D eigenvalue weighted by Crippen LogP contribution is 2.17. The molecule has 0 fully saturated rings. The first-order valence-electron chi connectivity index (χ1n) is 6.97. The second-order valence-corrected chi connectivity index (χ2v) is 7.85. The van der Waals surface area contributed by atoms with Crippen molar-refractivity contribution in [2.24, 2.45) is 5.92 Å². The zero-order valence-electron chi connectivity index (χ0n) is 13.0. The zero-order valence-corrected chi connectivity index (χ0v) is 13.8. The van der Waals surface area contributed by atoms with E-state index in [4.69, 9.17) is 0 Å². The van der Waals surface area contributed by atoms with Crippen LogP contribution in [0.3, 0.4) is 0 Å². The van der Waals surface area contributed by atoms with Gasteiger partial charge in [0.15, 0.2) is 15.6 Å². The normalized spacial score (nSPS) is 13.2. The van der Waals surface area contributed by atoms with Gasteiger partial charge in [0.1, 0.15) is 5.75 Å². The fourth-order valence-corrected chi connectivity index (χ4v) is 3.92. The molecule has 1 aromatic carbocycles. The average molecular weight is 296 g/mol. The fourth-order valence-electron chi connectivity index (χ4n) is 2.15. The SMILES string of the molecule is CCC(C)CS(=O)(=O)CC(=O)c1cc(C)c(C)cc1C. The second-order valence-electron chi connectivity index (χ2n) is 5.74. The molecule has 1 rings (SSSR count). The molecule has 0 radical (unpaired) electrons. The number of carbonyl (C=O) groups excluding carboxylic acids is 1. The van der Waals surface area contributed by atoms with Crippen molar-refractivity contribution >= 4 is 15.6 Å². The third-order valence-corrected chi connectivity index (χ3v) is 5.51. The van der Waals surface area contributed by atoms with Gasteiger partial charge in [0.2, 0.25) is 0 Å². The lowest BCUT2D eigenvalue weighted by Crippen LogP contribution is -2.23. The van der Waals surface area contributed by atoms with Gasteiger partial charge in [-0.05, 0) is 49.4 Å². The third kappa shape index (κ3) is 4.44. The zero-order chi connectivity index (χ0) is 15.5. The van der Waals surface area contributed by atoms with Crippen LogP contribution in [0.15, 0.2) is 12.1 Å². The Morgan fingerprint density at radius 3 is 2.20 bits per heavy atom. The maximum Gasteiger partial charge on any atom is 0.178 e. The van der Waals surface area contributed by atoms with Crippen LogP contribution in [-0.2, 0) is 9.84 Å². The summed E-state index contributed by atoms with van der Waals surface area (Å²) in [6.45, 7) is 9.61. The minimum atomic E-state index is -3.33. The Morgan fingerprint density at radius 2 is 1.65 bits per heavy atom. The van der Waals surface area contributed by atoms with E-state index in [0.717, 1.165) is 23.1 Å². The van der Waals surface area contributed by atoms with E-state index in [2.05, 4.69) is 0 Å². The number of hydrogen-bond acceptors (Lipinski definition) is 3. The molecule has 0 bridgehead atoms. The van der Waals surface area contributed by atoms with Gasteiger partial charge in [-0.15, -0.1) is 0 Å². The van der Waals surface area contributed by atoms with Crippen LogP contribution >= 0.6 is 0 Å². The number of benzene rings is 1. The quantitative estimate of drug-likeness (QED) is 0.757. The lowest BCUT2D eigenvalue weighted by Gasteiger charge is -2.11. The second kappa shape index (κ2) is 6.53. The Morgan fingerprint density at radius 1 is 1.10 bits per heavy atom. The summed E-state index contributed by atoms with van der Waals surface area (Å²) in [7, 11) is -3.33. The van der Waals surface area contributed by atoms with Gasteiger partial charge in [-0.1, -0.05) is 26.3 Å². The summed E-state index contributed by atoms with van der Waals surface area (Å²) in [4.78, 5) is 12.2. The number of Topliss-reactive ketones (excluding diaryl/α,β-unsaturated/α-hetero) is 1. The standard InChI is InChI=1S/C16H24O3S/c1-6-11(2)9-20(18,19)10-16(17)15-8-13(4)12(3)7-14(15)5/h7-8,11H,6,9-10H2,1-5H3. The molecule has 0 aliphatic carbocycles. The highest BCUT2D eigenvalue weighted by atomic mass is 32.2. The van der Waals surface area contributed by atoms with Crippen LogP contribution in [0.25, 0.3) is 0 Å². The fraction of sp³-hybridized carbons (Fsp3) is 0.562. The average Bonchev–Trinajstić information content (AvgIpc) is 2.32. The van der Waals surface area contributed by atoms with Crippen LogP contribution < -0.4 is 0 Å². The highest BCUT2D eigenvalue weighted by molar-refractivity contribution is 7.92. The van der Waals surface area contributed by atoms with E-state index >= 15 is 0 Å². The number of sulfone groups is 1. The van der Waals surface area contributed by atoms with E-state index in [1.54, 1.807) is 6.07 Å². The number of carbonyl (C=O) groups is 1. The minimum Gasteiger partial charge on any atom is -0.293 e. The number of aryl methyl sites for hydroxylation is 3. The summed E-state index contributed by atoms with van der Waals surface area (Å²) < 4.78 is 24.1. The predicted octanol–water partition coefficient (Wildman–Crippen LogP) is 3.26. The van der Waals surface area contributed by atoms with Gasteiger partial charge in [0.25, 0.3) is 0 Å². The first-order valence-corrected chi connectivity index (χ1v) is 8.80. The lowest BCUT2D eigenvalue weighted by molar-refractivity contribution is 0.102. The molecule has 0 saturated carbocycles. The lowest BCUT2D eigenvalue weighted by atomic mass is 9.99. The van der Waals surface area contributed by atoms with Gasteiger partial charge in [-0.3, -0.25) is 4.79 Å². The Labute approximate surface area is 122 Å². The predicted molar refractivity (Wildman–Crippen MR) is 83.1 cm³/mol. The molecular formula is C16H24O3S. The van der Waals surface area contributed by atoms with Gasteiger partial charge >= 0.3 is 0 Å². The molecule has 0 heterocycles. The summed E-state index contributed by atoms with van der Waals surface area (Å²) in [5.41, 5.74) is 3.50. The first kappa shape index (κ1) is 16.9. The van der Waals surface area contributed by atoms with E-state index in [-0.39, 0.29) is 23.2 Å². The van der Waals surface area contributed by atoms with E-state index in [1.807, 2.05) is 40.7 Å². The maximum atomic E-state index is 12.2. The van der Waals surface area contributed by atoms with Crippen molar-refractivity contribution in [1.29, 1.82) is 0 Å². The molecule has 0 spiro atoms. The Kier molecular flexibility index (Phi) is 5.51. The van der Waals surface area contributed by atoms with Crippen molar-refractivity contribution in [3.8, 4) is 0 Å². The van der Waals surface area contributed by atoms with Gasteiger partial charge in [0, 0.05) is 5.56 Å². The Balaban J connectivity index is 2.95.